The van der Waals surface area contributed by atoms with Crippen molar-refractivity contribution in [3.63, 3.8) is 0 Å². The highest BCUT2D eigenvalue weighted by Crippen LogP contribution is 2.24. The van der Waals surface area contributed by atoms with Crippen molar-refractivity contribution in [2.24, 2.45) is 0 Å². The zero-order chi connectivity index (χ0) is 15.8. The Hall–Kier alpha value is -2.30. The summed E-state index contributed by atoms with van der Waals surface area (Å²) in [5.41, 5.74) is 2.02. The Morgan fingerprint density at radius 2 is 2.32 bits per heavy atom. The minimum atomic E-state index is -0.0915. The lowest BCUT2D eigenvalue weighted by Crippen LogP contribution is -2.39. The molecular weight excluding hydrogens is 278 g/mol. The summed E-state index contributed by atoms with van der Waals surface area (Å²) in [7, 11) is 1.83. The van der Waals surface area contributed by atoms with Gasteiger partial charge in [-0.25, -0.2) is 4.79 Å². The molecule has 22 heavy (non-hydrogen) atoms. The lowest BCUT2D eigenvalue weighted by atomic mass is 10.0. The fourth-order valence-electron chi connectivity index (χ4n) is 2.39. The van der Waals surface area contributed by atoms with Gasteiger partial charge >= 0.3 is 6.03 Å². The lowest BCUT2D eigenvalue weighted by Gasteiger charge is -2.28. The maximum Gasteiger partial charge on any atom is 0.317 e. The zero-order valence-electron chi connectivity index (χ0n) is 13.2. The van der Waals surface area contributed by atoms with Crippen LogP contribution in [0.2, 0.25) is 0 Å². The number of hydrogen-bond acceptors (Lipinski definition) is 3. The summed E-state index contributed by atoms with van der Waals surface area (Å²) in [6.45, 7) is 2.62. The molecule has 0 bridgehead atoms. The Kier molecular flexibility index (Phi) is 6.01. The van der Waals surface area contributed by atoms with Crippen molar-refractivity contribution in [2.75, 3.05) is 7.05 Å². The molecule has 0 spiro atoms. The summed E-state index contributed by atoms with van der Waals surface area (Å²) < 4.78 is 5.00. The molecular formula is C17H23N3O2. The molecule has 0 fully saturated rings. The van der Waals surface area contributed by atoms with E-state index in [-0.39, 0.29) is 12.1 Å². The summed E-state index contributed by atoms with van der Waals surface area (Å²) >= 11 is 0. The Morgan fingerprint density at radius 1 is 1.45 bits per heavy atom. The molecule has 1 N–H and O–H groups in total. The van der Waals surface area contributed by atoms with Gasteiger partial charge in [0.15, 0.2) is 0 Å². The fraction of sp³-hybridized carbons (Fsp3) is 0.412. The highest BCUT2D eigenvalue weighted by molar-refractivity contribution is 5.74. The Bertz CT molecular complexity index is 555. The van der Waals surface area contributed by atoms with Crippen LogP contribution in [0.4, 0.5) is 4.79 Å². The first-order valence-electron chi connectivity index (χ1n) is 7.64. The molecule has 0 saturated carbocycles. The summed E-state index contributed by atoms with van der Waals surface area (Å²) in [6, 6.07) is 5.72. The number of nitrogens with one attached hydrogen (secondary N) is 1. The van der Waals surface area contributed by atoms with Gasteiger partial charge in [0.1, 0.15) is 0 Å². The second kappa shape index (κ2) is 8.22. The summed E-state index contributed by atoms with van der Waals surface area (Å²) in [5, 5.41) is 2.92. The zero-order valence-corrected chi connectivity index (χ0v) is 13.2. The van der Waals surface area contributed by atoms with Crippen LogP contribution in [0.15, 0.2) is 47.5 Å². The van der Waals surface area contributed by atoms with Crippen molar-refractivity contribution in [1.29, 1.82) is 0 Å². The number of aromatic nitrogens is 1. The summed E-state index contributed by atoms with van der Waals surface area (Å²) in [5.74, 6) is 0. The second-order valence-corrected chi connectivity index (χ2v) is 5.35. The first-order valence-corrected chi connectivity index (χ1v) is 7.64. The predicted octanol–water partition coefficient (Wildman–Crippen LogP) is 3.75. The molecule has 2 amide bonds. The SMILES string of the molecule is CCCC[C@@H](c1cccnc1)N(C)C(=O)NCc1ccoc1. The average molecular weight is 301 g/mol. The van der Waals surface area contributed by atoms with E-state index in [4.69, 9.17) is 4.42 Å². The van der Waals surface area contributed by atoms with Gasteiger partial charge in [-0.1, -0.05) is 25.8 Å². The molecule has 5 heteroatoms. The third-order valence-corrected chi connectivity index (χ3v) is 3.71. The number of pyridine rings is 1. The van der Waals surface area contributed by atoms with Crippen molar-refractivity contribution in [2.45, 2.75) is 38.8 Å². The van der Waals surface area contributed by atoms with Gasteiger partial charge in [0, 0.05) is 31.5 Å². The Labute approximate surface area is 131 Å². The van der Waals surface area contributed by atoms with E-state index in [0.717, 1.165) is 30.4 Å². The molecule has 0 aliphatic heterocycles. The van der Waals surface area contributed by atoms with Gasteiger partial charge in [-0.05, 0) is 24.1 Å². The van der Waals surface area contributed by atoms with Gasteiger partial charge in [0.05, 0.1) is 18.6 Å². The first kappa shape index (κ1) is 16.1. The number of carbonyl (C=O) groups excluding carboxylic acids is 1. The van der Waals surface area contributed by atoms with Crippen LogP contribution in [0.1, 0.15) is 43.4 Å². The lowest BCUT2D eigenvalue weighted by molar-refractivity contribution is 0.185. The van der Waals surface area contributed by atoms with Crippen molar-refractivity contribution in [3.05, 3.63) is 54.2 Å². The fourth-order valence-corrected chi connectivity index (χ4v) is 2.39. The number of unbranched alkanes of at least 4 members (excludes halogenated alkanes) is 1. The highest BCUT2D eigenvalue weighted by Gasteiger charge is 2.21. The third-order valence-electron chi connectivity index (χ3n) is 3.71. The number of carbonyl (C=O) groups is 1. The maximum atomic E-state index is 12.4. The van der Waals surface area contributed by atoms with Crippen LogP contribution in [0, 0.1) is 0 Å². The van der Waals surface area contributed by atoms with Crippen molar-refractivity contribution < 1.29 is 9.21 Å². The molecule has 0 radical (unpaired) electrons. The van der Waals surface area contributed by atoms with Crippen molar-refractivity contribution in [3.8, 4) is 0 Å². The van der Waals surface area contributed by atoms with Gasteiger partial charge in [-0.15, -0.1) is 0 Å². The van der Waals surface area contributed by atoms with Gasteiger partial charge in [-0.2, -0.15) is 0 Å². The minimum Gasteiger partial charge on any atom is -0.472 e. The van der Waals surface area contributed by atoms with E-state index in [0.29, 0.717) is 6.54 Å². The molecule has 0 aliphatic rings. The third kappa shape index (κ3) is 4.35. The van der Waals surface area contributed by atoms with Gasteiger partial charge in [0.2, 0.25) is 0 Å². The van der Waals surface area contributed by atoms with Crippen LogP contribution in [0.5, 0.6) is 0 Å². The number of rotatable bonds is 7. The number of hydrogen-bond donors (Lipinski definition) is 1. The number of nitrogens with zero attached hydrogens (tertiary/aromatic N) is 2. The molecule has 2 aromatic heterocycles. The van der Waals surface area contributed by atoms with E-state index < -0.39 is 0 Å². The molecule has 0 aromatic carbocycles. The molecule has 5 nitrogen and oxygen atoms in total. The number of urea groups is 1. The molecule has 118 valence electrons. The number of amides is 2. The van der Waals surface area contributed by atoms with E-state index in [1.165, 1.54) is 0 Å². The van der Waals surface area contributed by atoms with E-state index in [1.54, 1.807) is 23.6 Å². The summed E-state index contributed by atoms with van der Waals surface area (Å²) in [6.07, 6.45) is 9.92. The van der Waals surface area contributed by atoms with Crippen molar-refractivity contribution >= 4 is 6.03 Å². The van der Waals surface area contributed by atoms with E-state index in [9.17, 15) is 4.79 Å². The van der Waals surface area contributed by atoms with Crippen LogP contribution in [-0.2, 0) is 6.54 Å². The molecule has 0 saturated heterocycles. The van der Waals surface area contributed by atoms with Crippen LogP contribution in [-0.4, -0.2) is 23.0 Å². The monoisotopic (exact) mass is 301 g/mol. The van der Waals surface area contributed by atoms with Gasteiger partial charge in [-0.3, -0.25) is 4.98 Å². The van der Waals surface area contributed by atoms with Gasteiger partial charge in [0.25, 0.3) is 0 Å². The Balaban J connectivity index is 2.00. The van der Waals surface area contributed by atoms with E-state index in [1.807, 2.05) is 31.4 Å². The van der Waals surface area contributed by atoms with Crippen LogP contribution in [0.3, 0.4) is 0 Å². The molecule has 2 rings (SSSR count). The highest BCUT2D eigenvalue weighted by atomic mass is 16.3. The van der Waals surface area contributed by atoms with E-state index >= 15 is 0 Å². The first-order chi connectivity index (χ1) is 10.7. The van der Waals surface area contributed by atoms with E-state index in [2.05, 4.69) is 17.2 Å². The quantitative estimate of drug-likeness (QED) is 0.847. The largest absolute Gasteiger partial charge is 0.472 e. The van der Waals surface area contributed by atoms with Crippen LogP contribution >= 0.6 is 0 Å². The summed E-state index contributed by atoms with van der Waals surface area (Å²) in [4.78, 5) is 18.3. The number of furan rings is 1. The minimum absolute atomic E-state index is 0.0398. The standard InChI is InChI=1S/C17H23N3O2/c1-3-4-7-16(15-6-5-9-18-12-15)20(2)17(21)19-11-14-8-10-22-13-14/h5-6,8-10,12-13,16H,3-4,7,11H2,1-2H3,(H,19,21)/t16-/m0/s1. The molecule has 2 aromatic rings. The molecule has 0 unspecified atom stereocenters. The van der Waals surface area contributed by atoms with Crippen LogP contribution < -0.4 is 5.32 Å². The second-order valence-electron chi connectivity index (χ2n) is 5.35. The molecule has 2 heterocycles. The van der Waals surface area contributed by atoms with Crippen LogP contribution in [0.25, 0.3) is 0 Å². The van der Waals surface area contributed by atoms with Crippen molar-refractivity contribution in [1.82, 2.24) is 15.2 Å². The molecule has 1 atom stereocenters. The maximum absolute atomic E-state index is 12.4. The topological polar surface area (TPSA) is 58.4 Å². The smallest absolute Gasteiger partial charge is 0.317 e. The average Bonchev–Trinajstić information content (AvgIpc) is 3.07. The normalized spacial score (nSPS) is 11.9. The molecule has 0 aliphatic carbocycles. The van der Waals surface area contributed by atoms with Gasteiger partial charge < -0.3 is 14.6 Å². The predicted molar refractivity (Wildman–Crippen MR) is 85.2 cm³/mol. The Morgan fingerprint density at radius 3 is 2.95 bits per heavy atom.